The van der Waals surface area contributed by atoms with Gasteiger partial charge in [0.05, 0.1) is 5.69 Å². The van der Waals surface area contributed by atoms with Crippen LogP contribution in [-0.4, -0.2) is 17.6 Å². The van der Waals surface area contributed by atoms with Crippen molar-refractivity contribution in [2.45, 2.75) is 19.8 Å². The molecule has 0 unspecified atom stereocenters. The molecule has 4 heteroatoms. The first-order valence-electron chi connectivity index (χ1n) is 4.81. The number of anilines is 1. The van der Waals surface area contributed by atoms with Crippen molar-refractivity contribution in [2.24, 2.45) is 0 Å². The number of hydrogen-bond acceptors (Lipinski definition) is 2. The summed E-state index contributed by atoms with van der Waals surface area (Å²) in [4.78, 5) is 11.3. The summed E-state index contributed by atoms with van der Waals surface area (Å²) in [7, 11) is 0. The molecule has 2 N–H and O–H groups in total. The van der Waals surface area contributed by atoms with Gasteiger partial charge in [0.1, 0.15) is 5.82 Å². The molecule has 0 aromatic heterocycles. The molecule has 1 amide bonds. The zero-order valence-electron chi connectivity index (χ0n) is 8.59. The van der Waals surface area contributed by atoms with Crippen molar-refractivity contribution in [3.8, 4) is 0 Å². The molecule has 0 aliphatic heterocycles. The summed E-state index contributed by atoms with van der Waals surface area (Å²) in [6.07, 6.45) is 0.587. The van der Waals surface area contributed by atoms with Gasteiger partial charge in [-0.05, 0) is 25.0 Å². The van der Waals surface area contributed by atoms with Crippen LogP contribution >= 0.6 is 0 Å². The van der Waals surface area contributed by atoms with E-state index in [1.165, 1.54) is 6.07 Å². The van der Waals surface area contributed by atoms with E-state index in [2.05, 4.69) is 5.32 Å². The van der Waals surface area contributed by atoms with E-state index in [1.807, 2.05) is 0 Å². The molecule has 0 radical (unpaired) electrons. The van der Waals surface area contributed by atoms with Crippen LogP contribution in [0.3, 0.4) is 0 Å². The predicted molar refractivity (Wildman–Crippen MR) is 56.1 cm³/mol. The third kappa shape index (κ3) is 3.32. The van der Waals surface area contributed by atoms with Gasteiger partial charge in [0.15, 0.2) is 0 Å². The lowest BCUT2D eigenvalue weighted by atomic mass is 10.2. The second-order valence-electron chi connectivity index (χ2n) is 3.31. The summed E-state index contributed by atoms with van der Waals surface area (Å²) in [6, 6.07) is 4.62. The molecule has 0 saturated heterocycles. The molecule has 15 heavy (non-hydrogen) atoms. The minimum absolute atomic E-state index is 0.0380. The third-order valence-corrected chi connectivity index (χ3v) is 2.05. The number of aryl methyl sites for hydroxylation is 1. The predicted octanol–water partition coefficient (Wildman–Crippen LogP) is 1.85. The maximum Gasteiger partial charge on any atom is 0.224 e. The van der Waals surface area contributed by atoms with E-state index in [9.17, 15) is 9.18 Å². The monoisotopic (exact) mass is 211 g/mol. The lowest BCUT2D eigenvalue weighted by Gasteiger charge is -2.08. The highest BCUT2D eigenvalue weighted by molar-refractivity contribution is 5.91. The van der Waals surface area contributed by atoms with E-state index < -0.39 is 5.82 Å². The molecule has 0 spiro atoms. The molecule has 0 aliphatic rings. The fourth-order valence-corrected chi connectivity index (χ4v) is 1.23. The van der Waals surface area contributed by atoms with Crippen LogP contribution in [0.25, 0.3) is 0 Å². The molecule has 0 fully saturated rings. The number of hydrogen-bond donors (Lipinski definition) is 2. The quantitative estimate of drug-likeness (QED) is 0.798. The minimum atomic E-state index is -0.438. The number of carbonyl (C=O) groups is 1. The average molecular weight is 211 g/mol. The minimum Gasteiger partial charge on any atom is -0.396 e. The number of rotatable bonds is 4. The van der Waals surface area contributed by atoms with Gasteiger partial charge in [-0.3, -0.25) is 4.79 Å². The SMILES string of the molecule is Cc1cccc(F)c1NC(=O)CCCO. The summed E-state index contributed by atoms with van der Waals surface area (Å²) in [5.41, 5.74) is 0.910. The van der Waals surface area contributed by atoms with Crippen LogP contribution in [-0.2, 0) is 4.79 Å². The van der Waals surface area contributed by atoms with Crippen LogP contribution in [0.1, 0.15) is 18.4 Å². The molecule has 0 saturated carbocycles. The Morgan fingerprint density at radius 1 is 1.53 bits per heavy atom. The highest BCUT2D eigenvalue weighted by Crippen LogP contribution is 2.18. The highest BCUT2D eigenvalue weighted by atomic mass is 19.1. The number of aliphatic hydroxyl groups excluding tert-OH is 1. The zero-order valence-corrected chi connectivity index (χ0v) is 8.59. The highest BCUT2D eigenvalue weighted by Gasteiger charge is 2.08. The Morgan fingerprint density at radius 2 is 2.27 bits per heavy atom. The first-order chi connectivity index (χ1) is 7.15. The van der Waals surface area contributed by atoms with E-state index in [4.69, 9.17) is 5.11 Å². The number of halogens is 1. The number of carbonyl (C=O) groups excluding carboxylic acids is 1. The van der Waals surface area contributed by atoms with Crippen molar-refractivity contribution in [1.82, 2.24) is 0 Å². The summed E-state index contributed by atoms with van der Waals surface area (Å²) in [6.45, 7) is 1.69. The van der Waals surface area contributed by atoms with Crippen LogP contribution in [0.5, 0.6) is 0 Å². The molecule has 1 aromatic rings. The van der Waals surface area contributed by atoms with E-state index >= 15 is 0 Å². The van der Waals surface area contributed by atoms with Gasteiger partial charge in [-0.25, -0.2) is 4.39 Å². The summed E-state index contributed by atoms with van der Waals surface area (Å²) < 4.78 is 13.3. The van der Waals surface area contributed by atoms with Crippen molar-refractivity contribution < 1.29 is 14.3 Å². The second kappa shape index (κ2) is 5.46. The number of amides is 1. The molecule has 0 heterocycles. The van der Waals surface area contributed by atoms with Crippen molar-refractivity contribution in [2.75, 3.05) is 11.9 Å². The van der Waals surface area contributed by atoms with Crippen molar-refractivity contribution in [3.05, 3.63) is 29.6 Å². The Bertz CT molecular complexity index is 332. The van der Waals surface area contributed by atoms with Crippen molar-refractivity contribution in [1.29, 1.82) is 0 Å². The Balaban J connectivity index is 2.68. The summed E-state index contributed by atoms with van der Waals surface area (Å²) in [5, 5.41) is 11.0. The Hall–Kier alpha value is -1.42. The smallest absolute Gasteiger partial charge is 0.224 e. The van der Waals surface area contributed by atoms with Gasteiger partial charge in [0.2, 0.25) is 5.91 Å². The lowest BCUT2D eigenvalue weighted by Crippen LogP contribution is -2.13. The van der Waals surface area contributed by atoms with E-state index in [0.717, 1.165) is 0 Å². The lowest BCUT2D eigenvalue weighted by molar-refractivity contribution is -0.116. The summed E-state index contributed by atoms with van der Waals surface area (Å²) >= 11 is 0. The topological polar surface area (TPSA) is 49.3 Å². The molecule has 1 rings (SSSR count). The number of nitrogens with one attached hydrogen (secondary N) is 1. The van der Waals surface area contributed by atoms with E-state index in [0.29, 0.717) is 12.0 Å². The Labute approximate surface area is 87.9 Å². The second-order valence-corrected chi connectivity index (χ2v) is 3.31. The van der Waals surface area contributed by atoms with Gasteiger partial charge < -0.3 is 10.4 Å². The molecule has 0 aliphatic carbocycles. The average Bonchev–Trinajstić information content (AvgIpc) is 2.21. The van der Waals surface area contributed by atoms with Gasteiger partial charge >= 0.3 is 0 Å². The van der Waals surface area contributed by atoms with Crippen LogP contribution in [0.15, 0.2) is 18.2 Å². The largest absolute Gasteiger partial charge is 0.396 e. The number of benzene rings is 1. The molecule has 3 nitrogen and oxygen atoms in total. The first kappa shape index (κ1) is 11.7. The Kier molecular flexibility index (Phi) is 4.24. The first-order valence-corrected chi connectivity index (χ1v) is 4.81. The van der Waals surface area contributed by atoms with Crippen molar-refractivity contribution in [3.63, 3.8) is 0 Å². The molecule has 1 aromatic carbocycles. The normalized spacial score (nSPS) is 10.1. The number of para-hydroxylation sites is 1. The Morgan fingerprint density at radius 3 is 2.87 bits per heavy atom. The van der Waals surface area contributed by atoms with Crippen LogP contribution in [0, 0.1) is 12.7 Å². The zero-order chi connectivity index (χ0) is 11.3. The van der Waals surface area contributed by atoms with Gasteiger partial charge in [-0.15, -0.1) is 0 Å². The molecule has 0 atom stereocenters. The standard InChI is InChI=1S/C11H14FNO2/c1-8-4-2-5-9(12)11(8)13-10(15)6-3-7-14/h2,4-5,14H,3,6-7H2,1H3,(H,13,15). The fourth-order valence-electron chi connectivity index (χ4n) is 1.23. The summed E-state index contributed by atoms with van der Waals surface area (Å²) in [5.74, 6) is -0.718. The van der Waals surface area contributed by atoms with Gasteiger partial charge in [0.25, 0.3) is 0 Å². The maximum atomic E-state index is 13.3. The molecular weight excluding hydrogens is 197 g/mol. The third-order valence-electron chi connectivity index (χ3n) is 2.05. The van der Waals surface area contributed by atoms with Gasteiger partial charge in [0, 0.05) is 13.0 Å². The van der Waals surface area contributed by atoms with Crippen LogP contribution in [0.2, 0.25) is 0 Å². The number of aliphatic hydroxyl groups is 1. The molecular formula is C11H14FNO2. The molecule has 0 bridgehead atoms. The van der Waals surface area contributed by atoms with Crippen LogP contribution in [0.4, 0.5) is 10.1 Å². The van der Waals surface area contributed by atoms with Gasteiger partial charge in [-0.2, -0.15) is 0 Å². The van der Waals surface area contributed by atoms with Crippen molar-refractivity contribution >= 4 is 11.6 Å². The molecule has 82 valence electrons. The van der Waals surface area contributed by atoms with E-state index in [-0.39, 0.29) is 24.6 Å². The van der Waals surface area contributed by atoms with Crippen LogP contribution < -0.4 is 5.32 Å². The maximum absolute atomic E-state index is 13.3. The van der Waals surface area contributed by atoms with Gasteiger partial charge in [-0.1, -0.05) is 12.1 Å². The fraction of sp³-hybridized carbons (Fsp3) is 0.364. The van der Waals surface area contributed by atoms with E-state index in [1.54, 1.807) is 19.1 Å².